The highest BCUT2D eigenvalue weighted by molar-refractivity contribution is 6.38. The fourth-order valence-electron chi connectivity index (χ4n) is 3.09. The highest BCUT2D eigenvalue weighted by atomic mass is 35.5. The monoisotopic (exact) mass is 446 g/mol. The van der Waals surface area contributed by atoms with E-state index < -0.39 is 11.5 Å². The number of anilines is 1. The number of nitrogens with zero attached hydrogens (tertiary/aromatic N) is 3. The van der Waals surface area contributed by atoms with Gasteiger partial charge < -0.3 is 10.2 Å². The number of amides is 2. The molecular weight excluding hydrogens is 427 g/mol. The Kier molecular flexibility index (Phi) is 6.74. The third kappa shape index (κ3) is 4.63. The third-order valence-corrected chi connectivity index (χ3v) is 5.11. The molecular formula is C21H20Cl2N4O3. The van der Waals surface area contributed by atoms with Crippen LogP contribution in [-0.2, 0) is 11.3 Å². The predicted molar refractivity (Wildman–Crippen MR) is 118 cm³/mol. The van der Waals surface area contributed by atoms with E-state index in [0.29, 0.717) is 34.9 Å². The fraction of sp³-hybridized carbons (Fsp3) is 0.238. The Morgan fingerprint density at radius 3 is 2.57 bits per heavy atom. The van der Waals surface area contributed by atoms with Crippen molar-refractivity contribution in [1.82, 2.24) is 14.5 Å². The lowest BCUT2D eigenvalue weighted by Crippen LogP contribution is -2.30. The minimum atomic E-state index is -0.432. The van der Waals surface area contributed by atoms with Crippen LogP contribution in [0.4, 0.5) is 5.69 Å². The van der Waals surface area contributed by atoms with Crippen LogP contribution in [0.2, 0.25) is 10.0 Å². The van der Waals surface area contributed by atoms with E-state index in [1.807, 2.05) is 13.8 Å². The third-order valence-electron chi connectivity index (χ3n) is 4.60. The summed E-state index contributed by atoms with van der Waals surface area (Å²) in [6.45, 7) is 4.75. The summed E-state index contributed by atoms with van der Waals surface area (Å²) in [5, 5.41) is 3.51. The van der Waals surface area contributed by atoms with Crippen LogP contribution in [0.5, 0.6) is 0 Å². The Bertz CT molecular complexity index is 1170. The highest BCUT2D eigenvalue weighted by Crippen LogP contribution is 2.24. The molecule has 3 aromatic rings. The largest absolute Gasteiger partial charge is 0.339 e. The fourth-order valence-corrected chi connectivity index (χ4v) is 3.63. The lowest BCUT2D eigenvalue weighted by Gasteiger charge is -2.19. The van der Waals surface area contributed by atoms with Crippen molar-refractivity contribution in [2.24, 2.45) is 0 Å². The first kappa shape index (κ1) is 21.8. The highest BCUT2D eigenvalue weighted by Gasteiger charge is 2.14. The number of aromatic nitrogens is 2. The first-order valence-electron chi connectivity index (χ1n) is 9.37. The molecule has 0 saturated heterocycles. The molecule has 0 spiro atoms. The van der Waals surface area contributed by atoms with Gasteiger partial charge in [0.1, 0.15) is 6.54 Å². The number of nitrogens with one attached hydrogen (secondary N) is 1. The molecule has 0 radical (unpaired) electrons. The molecule has 0 aliphatic rings. The number of carbonyl (C=O) groups is 2. The van der Waals surface area contributed by atoms with Gasteiger partial charge in [0, 0.05) is 29.4 Å². The Morgan fingerprint density at radius 1 is 1.13 bits per heavy atom. The van der Waals surface area contributed by atoms with Gasteiger partial charge in [-0.3, -0.25) is 19.0 Å². The standard InChI is InChI=1S/C21H20Cl2N4O3/c1-3-26(4-2)20(29)13-6-5-7-15(8-13)25-18(28)11-27-12-24-19-16(21(27)30)9-14(22)10-17(19)23/h5-10,12H,3-4,11H2,1-2H3,(H,25,28). The number of halogens is 2. The molecule has 0 fully saturated rings. The maximum absolute atomic E-state index is 12.7. The zero-order valence-electron chi connectivity index (χ0n) is 16.5. The molecule has 0 saturated carbocycles. The molecule has 1 heterocycles. The van der Waals surface area contributed by atoms with Gasteiger partial charge in [0.15, 0.2) is 0 Å². The van der Waals surface area contributed by atoms with Crippen LogP contribution in [0.1, 0.15) is 24.2 Å². The van der Waals surface area contributed by atoms with Gasteiger partial charge in [-0.05, 0) is 44.2 Å². The lowest BCUT2D eigenvalue weighted by atomic mass is 10.1. The molecule has 0 bridgehead atoms. The summed E-state index contributed by atoms with van der Waals surface area (Å²) in [7, 11) is 0. The average molecular weight is 447 g/mol. The SMILES string of the molecule is CCN(CC)C(=O)c1cccc(NC(=O)Cn2cnc3c(Cl)cc(Cl)cc3c2=O)c1. The summed E-state index contributed by atoms with van der Waals surface area (Å²) in [6, 6.07) is 9.65. The van der Waals surface area contributed by atoms with Gasteiger partial charge in [0.25, 0.3) is 11.5 Å². The van der Waals surface area contributed by atoms with Crippen LogP contribution in [0.3, 0.4) is 0 Å². The molecule has 0 atom stereocenters. The van der Waals surface area contributed by atoms with Crippen molar-refractivity contribution in [3.05, 3.63) is 68.7 Å². The zero-order chi connectivity index (χ0) is 21.8. The van der Waals surface area contributed by atoms with Crippen LogP contribution in [-0.4, -0.2) is 39.4 Å². The topological polar surface area (TPSA) is 84.3 Å². The van der Waals surface area contributed by atoms with Crippen molar-refractivity contribution < 1.29 is 9.59 Å². The zero-order valence-corrected chi connectivity index (χ0v) is 18.0. The van der Waals surface area contributed by atoms with E-state index in [4.69, 9.17) is 23.2 Å². The Balaban J connectivity index is 1.80. The second-order valence-electron chi connectivity index (χ2n) is 6.57. The average Bonchev–Trinajstić information content (AvgIpc) is 2.71. The van der Waals surface area contributed by atoms with E-state index in [2.05, 4.69) is 10.3 Å². The summed E-state index contributed by atoms with van der Waals surface area (Å²) in [6.07, 6.45) is 1.27. The van der Waals surface area contributed by atoms with E-state index >= 15 is 0 Å². The Morgan fingerprint density at radius 2 is 1.87 bits per heavy atom. The molecule has 2 amide bonds. The van der Waals surface area contributed by atoms with Crippen LogP contribution in [0.15, 0.2) is 47.5 Å². The van der Waals surface area contributed by atoms with Crippen molar-refractivity contribution in [2.45, 2.75) is 20.4 Å². The van der Waals surface area contributed by atoms with Crippen molar-refractivity contribution in [3.63, 3.8) is 0 Å². The Hall–Kier alpha value is -2.90. The normalized spacial score (nSPS) is 10.8. The first-order valence-corrected chi connectivity index (χ1v) is 10.1. The molecule has 0 aliphatic carbocycles. The van der Waals surface area contributed by atoms with E-state index in [-0.39, 0.29) is 22.9 Å². The van der Waals surface area contributed by atoms with Gasteiger partial charge in [-0.1, -0.05) is 29.3 Å². The smallest absolute Gasteiger partial charge is 0.261 e. The van der Waals surface area contributed by atoms with Gasteiger partial charge in [0.2, 0.25) is 5.91 Å². The summed E-state index contributed by atoms with van der Waals surface area (Å²) in [5.74, 6) is -0.543. The van der Waals surface area contributed by atoms with E-state index in [0.717, 1.165) is 0 Å². The van der Waals surface area contributed by atoms with Gasteiger partial charge in [-0.2, -0.15) is 0 Å². The molecule has 3 rings (SSSR count). The lowest BCUT2D eigenvalue weighted by molar-refractivity contribution is -0.116. The summed E-state index contributed by atoms with van der Waals surface area (Å²) < 4.78 is 1.18. The minimum Gasteiger partial charge on any atom is -0.339 e. The molecule has 1 aromatic heterocycles. The molecule has 2 aromatic carbocycles. The number of benzene rings is 2. The van der Waals surface area contributed by atoms with E-state index in [1.165, 1.54) is 23.0 Å². The van der Waals surface area contributed by atoms with Crippen molar-refractivity contribution in [2.75, 3.05) is 18.4 Å². The molecule has 0 aliphatic heterocycles. The quantitative estimate of drug-likeness (QED) is 0.623. The predicted octanol–water partition coefficient (Wildman–Crippen LogP) is 3.82. The van der Waals surface area contributed by atoms with Gasteiger partial charge in [-0.25, -0.2) is 4.98 Å². The van der Waals surface area contributed by atoms with Crippen molar-refractivity contribution in [3.8, 4) is 0 Å². The molecule has 1 N–H and O–H groups in total. The van der Waals surface area contributed by atoms with Crippen LogP contribution < -0.4 is 10.9 Å². The van der Waals surface area contributed by atoms with Gasteiger partial charge in [-0.15, -0.1) is 0 Å². The molecule has 30 heavy (non-hydrogen) atoms. The first-order chi connectivity index (χ1) is 14.3. The molecule has 0 unspecified atom stereocenters. The van der Waals surface area contributed by atoms with Crippen molar-refractivity contribution >= 4 is 51.6 Å². The maximum atomic E-state index is 12.7. The number of carbonyl (C=O) groups excluding carboxylic acids is 2. The summed E-state index contributed by atoms with van der Waals surface area (Å²) in [5.41, 5.74) is 0.839. The van der Waals surface area contributed by atoms with Crippen LogP contribution in [0, 0.1) is 0 Å². The minimum absolute atomic E-state index is 0.111. The van der Waals surface area contributed by atoms with E-state index in [1.54, 1.807) is 29.2 Å². The number of hydrogen-bond acceptors (Lipinski definition) is 4. The maximum Gasteiger partial charge on any atom is 0.261 e. The molecule has 156 valence electrons. The van der Waals surface area contributed by atoms with Crippen LogP contribution in [0.25, 0.3) is 10.9 Å². The number of hydrogen-bond donors (Lipinski definition) is 1. The number of rotatable bonds is 6. The summed E-state index contributed by atoms with van der Waals surface area (Å²) >= 11 is 12.1. The second-order valence-corrected chi connectivity index (χ2v) is 7.41. The second kappa shape index (κ2) is 9.28. The van der Waals surface area contributed by atoms with E-state index in [9.17, 15) is 14.4 Å². The van der Waals surface area contributed by atoms with Gasteiger partial charge in [0.05, 0.1) is 22.3 Å². The van der Waals surface area contributed by atoms with Crippen molar-refractivity contribution in [1.29, 1.82) is 0 Å². The number of fused-ring (bicyclic) bond motifs is 1. The molecule has 9 heteroatoms. The van der Waals surface area contributed by atoms with Crippen LogP contribution >= 0.6 is 23.2 Å². The van der Waals surface area contributed by atoms with Gasteiger partial charge >= 0.3 is 0 Å². The Labute approximate surface area is 183 Å². The molecule has 7 nitrogen and oxygen atoms in total. The summed E-state index contributed by atoms with van der Waals surface area (Å²) in [4.78, 5) is 43.5.